The van der Waals surface area contributed by atoms with Gasteiger partial charge in [-0.1, -0.05) is 157 Å². The van der Waals surface area contributed by atoms with Gasteiger partial charge in [-0.15, -0.1) is 0 Å². The number of esters is 1. The highest BCUT2D eigenvalue weighted by Crippen LogP contribution is 2.20. The summed E-state index contributed by atoms with van der Waals surface area (Å²) in [7, 11) is 0. The molecular formula is C44H88N2O5. The fourth-order valence-corrected chi connectivity index (χ4v) is 6.92. The molecule has 0 aliphatic rings. The molecule has 0 radical (unpaired) electrons. The van der Waals surface area contributed by atoms with Crippen molar-refractivity contribution in [3.63, 3.8) is 0 Å². The van der Waals surface area contributed by atoms with Crippen molar-refractivity contribution in [2.45, 2.75) is 215 Å². The highest BCUT2D eigenvalue weighted by molar-refractivity contribution is 5.69. The van der Waals surface area contributed by atoms with Gasteiger partial charge >= 0.3 is 12.1 Å². The zero-order chi connectivity index (χ0) is 37.6. The van der Waals surface area contributed by atoms with Crippen LogP contribution in [0, 0.1) is 5.92 Å². The first-order valence-electron chi connectivity index (χ1n) is 22.4. The van der Waals surface area contributed by atoms with E-state index in [2.05, 4.69) is 51.3 Å². The molecule has 0 N–H and O–H groups in total. The number of unbranched alkanes of at least 4 members (excludes halogenated alkanes) is 17. The summed E-state index contributed by atoms with van der Waals surface area (Å²) in [6, 6.07) is 0. The third-order valence-corrected chi connectivity index (χ3v) is 10.7. The molecule has 304 valence electrons. The van der Waals surface area contributed by atoms with Crippen LogP contribution in [0.3, 0.4) is 0 Å². The lowest BCUT2D eigenvalue weighted by atomic mass is 9.96. The second kappa shape index (κ2) is 38.4. The van der Waals surface area contributed by atoms with Gasteiger partial charge in [-0.25, -0.2) is 4.79 Å². The summed E-state index contributed by atoms with van der Waals surface area (Å²) < 4.78 is 17.2. The summed E-state index contributed by atoms with van der Waals surface area (Å²) in [4.78, 5) is 29.8. The maximum Gasteiger partial charge on any atom is 0.508 e. The summed E-state index contributed by atoms with van der Waals surface area (Å²) in [6.07, 6.45) is 29.8. The molecule has 7 heteroatoms. The minimum absolute atomic E-state index is 0.0101. The van der Waals surface area contributed by atoms with Gasteiger partial charge in [0.1, 0.15) is 12.7 Å². The van der Waals surface area contributed by atoms with Crippen LogP contribution in [0.5, 0.6) is 0 Å². The monoisotopic (exact) mass is 725 g/mol. The molecule has 0 aromatic carbocycles. The van der Waals surface area contributed by atoms with E-state index in [1.807, 2.05) is 0 Å². The Hall–Kier alpha value is -1.34. The standard InChI is InChI=1S/C44H88N2O5/c1-7-13-16-18-19-21-24-28-33-42(51-44(48)49-39-38-46(12-6)37-36-45(10-4)11-5)34-29-25-22-20-23-26-30-35-43(47)50-40-41(31-15-9-3)32-27-17-14-8-2/h41-42H,7-40H2,1-6H3. The third kappa shape index (κ3) is 33.0. The normalized spacial score (nSPS) is 12.8. The minimum Gasteiger partial charge on any atom is -0.465 e. The van der Waals surface area contributed by atoms with Crippen molar-refractivity contribution >= 4 is 12.1 Å². The molecule has 0 rings (SSSR count). The highest BCUT2D eigenvalue weighted by atomic mass is 16.7. The Labute approximate surface area is 318 Å². The molecule has 0 aliphatic carbocycles. The first kappa shape index (κ1) is 49.7. The van der Waals surface area contributed by atoms with E-state index in [4.69, 9.17) is 14.2 Å². The number of carbonyl (C=O) groups excluding carboxylic acids is 2. The van der Waals surface area contributed by atoms with Crippen molar-refractivity contribution in [2.24, 2.45) is 5.92 Å². The predicted molar refractivity (Wildman–Crippen MR) is 218 cm³/mol. The predicted octanol–water partition coefficient (Wildman–Crippen LogP) is 12.5. The maximum atomic E-state index is 12.7. The topological polar surface area (TPSA) is 68.3 Å². The average Bonchev–Trinajstić information content (AvgIpc) is 3.13. The van der Waals surface area contributed by atoms with Crippen LogP contribution in [-0.4, -0.2) is 80.5 Å². The van der Waals surface area contributed by atoms with Gasteiger partial charge < -0.3 is 19.1 Å². The fraction of sp³-hybridized carbons (Fsp3) is 0.955. The molecule has 7 nitrogen and oxygen atoms in total. The van der Waals surface area contributed by atoms with Gasteiger partial charge in [-0.05, 0) is 70.5 Å². The molecule has 0 amide bonds. The summed E-state index contributed by atoms with van der Waals surface area (Å²) in [5, 5.41) is 0. The SMILES string of the molecule is CCCCCCCCCCC(CCCCCCCCCC(=O)OCC(CCCC)CCCCCC)OC(=O)OCCN(CC)CCN(CC)CC. The summed E-state index contributed by atoms with van der Waals surface area (Å²) in [5.41, 5.74) is 0. The van der Waals surface area contributed by atoms with Crippen LogP contribution in [0.25, 0.3) is 0 Å². The van der Waals surface area contributed by atoms with Crippen LogP contribution in [0.2, 0.25) is 0 Å². The van der Waals surface area contributed by atoms with Gasteiger partial charge in [0.2, 0.25) is 0 Å². The molecule has 0 heterocycles. The molecule has 51 heavy (non-hydrogen) atoms. The average molecular weight is 725 g/mol. The van der Waals surface area contributed by atoms with Crippen LogP contribution in [0.4, 0.5) is 4.79 Å². The van der Waals surface area contributed by atoms with Gasteiger partial charge in [0.05, 0.1) is 6.61 Å². The van der Waals surface area contributed by atoms with Crippen molar-refractivity contribution in [1.82, 2.24) is 9.80 Å². The van der Waals surface area contributed by atoms with Crippen LogP contribution < -0.4 is 0 Å². The second-order valence-corrected chi connectivity index (χ2v) is 15.1. The number of hydrogen-bond donors (Lipinski definition) is 0. The molecular weight excluding hydrogens is 636 g/mol. The third-order valence-electron chi connectivity index (χ3n) is 10.7. The van der Waals surface area contributed by atoms with Gasteiger partial charge in [-0.2, -0.15) is 0 Å². The van der Waals surface area contributed by atoms with Crippen LogP contribution in [0.1, 0.15) is 208 Å². The number of nitrogens with zero attached hydrogens (tertiary/aromatic N) is 2. The number of likely N-dealkylation sites (N-methyl/N-ethyl adjacent to an activating group) is 2. The Kier molecular flexibility index (Phi) is 37.4. The van der Waals surface area contributed by atoms with E-state index in [1.54, 1.807) is 0 Å². The smallest absolute Gasteiger partial charge is 0.465 e. The zero-order valence-electron chi connectivity index (χ0n) is 35.1. The van der Waals surface area contributed by atoms with Crippen LogP contribution in [-0.2, 0) is 19.0 Å². The van der Waals surface area contributed by atoms with E-state index in [9.17, 15) is 9.59 Å². The Morgan fingerprint density at radius 2 is 0.922 bits per heavy atom. The van der Waals surface area contributed by atoms with Crippen LogP contribution in [0.15, 0.2) is 0 Å². The number of ether oxygens (including phenoxy) is 3. The van der Waals surface area contributed by atoms with Crippen molar-refractivity contribution in [3.8, 4) is 0 Å². The summed E-state index contributed by atoms with van der Waals surface area (Å²) >= 11 is 0. The number of hydrogen-bond acceptors (Lipinski definition) is 7. The van der Waals surface area contributed by atoms with Gasteiger partial charge in [-0.3, -0.25) is 9.69 Å². The van der Waals surface area contributed by atoms with Crippen molar-refractivity contribution in [2.75, 3.05) is 52.5 Å². The molecule has 2 atom stereocenters. The molecule has 0 aromatic heterocycles. The largest absolute Gasteiger partial charge is 0.508 e. The van der Waals surface area contributed by atoms with Gasteiger partial charge in [0.25, 0.3) is 0 Å². The lowest BCUT2D eigenvalue weighted by molar-refractivity contribution is -0.145. The summed E-state index contributed by atoms with van der Waals surface area (Å²) in [5.74, 6) is 0.523. The molecule has 0 bridgehead atoms. The van der Waals surface area contributed by atoms with Crippen molar-refractivity contribution in [3.05, 3.63) is 0 Å². The van der Waals surface area contributed by atoms with Crippen molar-refractivity contribution in [1.29, 1.82) is 0 Å². The lowest BCUT2D eigenvalue weighted by Gasteiger charge is -2.25. The van der Waals surface area contributed by atoms with Crippen molar-refractivity contribution < 1.29 is 23.8 Å². The quantitative estimate of drug-likeness (QED) is 0.0462. The molecule has 0 saturated heterocycles. The number of carbonyl (C=O) groups is 2. The first-order chi connectivity index (χ1) is 24.9. The fourth-order valence-electron chi connectivity index (χ4n) is 6.92. The first-order valence-corrected chi connectivity index (χ1v) is 22.4. The summed E-state index contributed by atoms with van der Waals surface area (Å²) in [6.45, 7) is 20.2. The number of rotatable bonds is 39. The maximum absolute atomic E-state index is 12.7. The zero-order valence-corrected chi connectivity index (χ0v) is 35.1. The highest BCUT2D eigenvalue weighted by Gasteiger charge is 2.16. The molecule has 2 unspecified atom stereocenters. The second-order valence-electron chi connectivity index (χ2n) is 15.1. The lowest BCUT2D eigenvalue weighted by Crippen LogP contribution is -2.37. The molecule has 0 aromatic rings. The van der Waals surface area contributed by atoms with E-state index >= 15 is 0 Å². The van der Waals surface area contributed by atoms with E-state index in [-0.39, 0.29) is 12.1 Å². The van der Waals surface area contributed by atoms with E-state index in [1.165, 1.54) is 109 Å². The van der Waals surface area contributed by atoms with E-state index < -0.39 is 6.16 Å². The van der Waals surface area contributed by atoms with E-state index in [0.717, 1.165) is 90.6 Å². The van der Waals surface area contributed by atoms with E-state index in [0.29, 0.717) is 25.6 Å². The molecule has 0 spiro atoms. The Morgan fingerprint density at radius 3 is 1.47 bits per heavy atom. The Bertz CT molecular complexity index is 747. The molecule has 0 saturated carbocycles. The Morgan fingerprint density at radius 1 is 0.471 bits per heavy atom. The van der Waals surface area contributed by atoms with Gasteiger partial charge in [0, 0.05) is 26.1 Å². The van der Waals surface area contributed by atoms with Gasteiger partial charge in [0.15, 0.2) is 0 Å². The van der Waals surface area contributed by atoms with Crippen LogP contribution >= 0.6 is 0 Å². The molecule has 0 aliphatic heterocycles. The Balaban J connectivity index is 4.37. The minimum atomic E-state index is -0.499. The molecule has 0 fully saturated rings.